The van der Waals surface area contributed by atoms with Gasteiger partial charge in [0.2, 0.25) is 0 Å². The van der Waals surface area contributed by atoms with E-state index >= 15 is 0 Å². The first-order valence-electron chi connectivity index (χ1n) is 5.48. The van der Waals surface area contributed by atoms with Gasteiger partial charge >= 0.3 is 0 Å². The van der Waals surface area contributed by atoms with Crippen molar-refractivity contribution in [1.29, 1.82) is 0 Å². The number of hydrogen-bond acceptors (Lipinski definition) is 5. The number of aromatic nitrogens is 1. The molecule has 5 heteroatoms. The Labute approximate surface area is 105 Å². The summed E-state index contributed by atoms with van der Waals surface area (Å²) in [6.45, 7) is 8.72. The summed E-state index contributed by atoms with van der Waals surface area (Å²) in [7, 11) is 0. The maximum Gasteiger partial charge on any atom is 0.185 e. The predicted molar refractivity (Wildman–Crippen MR) is 71.5 cm³/mol. The fourth-order valence-electron chi connectivity index (χ4n) is 1.87. The summed E-state index contributed by atoms with van der Waals surface area (Å²) in [5.41, 5.74) is 0.971. The van der Waals surface area contributed by atoms with Crippen molar-refractivity contribution in [3.63, 3.8) is 0 Å². The molecule has 3 nitrogen and oxygen atoms in total. The van der Waals surface area contributed by atoms with Gasteiger partial charge in [-0.05, 0) is 20.8 Å². The zero-order valence-corrected chi connectivity index (χ0v) is 11.6. The van der Waals surface area contributed by atoms with E-state index in [0.29, 0.717) is 4.75 Å². The Balaban J connectivity index is 2.17. The number of aryl methyl sites for hydroxylation is 1. The van der Waals surface area contributed by atoms with Gasteiger partial charge in [-0.2, -0.15) is 11.8 Å². The van der Waals surface area contributed by atoms with Crippen molar-refractivity contribution in [3.8, 4) is 0 Å². The molecule has 0 bridgehead atoms. The van der Waals surface area contributed by atoms with E-state index < -0.39 is 0 Å². The normalized spacial score (nSPS) is 20.1. The lowest BCUT2D eigenvalue weighted by atomic mass is 10.2. The molecular weight excluding hydrogens is 240 g/mol. The van der Waals surface area contributed by atoms with E-state index in [1.54, 1.807) is 11.3 Å². The van der Waals surface area contributed by atoms with E-state index in [9.17, 15) is 5.11 Å². The molecule has 1 fully saturated rings. The van der Waals surface area contributed by atoms with Crippen LogP contribution >= 0.6 is 23.1 Å². The molecule has 0 saturated carbocycles. The van der Waals surface area contributed by atoms with Crippen LogP contribution in [0.2, 0.25) is 0 Å². The molecule has 1 aromatic heterocycles. The molecule has 1 aromatic rings. The fourth-order valence-corrected chi connectivity index (χ4v) is 3.93. The minimum absolute atomic E-state index is 0.107. The molecule has 1 aliphatic heterocycles. The highest BCUT2D eigenvalue weighted by atomic mass is 32.2. The molecule has 0 spiro atoms. The molecule has 0 unspecified atom stereocenters. The van der Waals surface area contributed by atoms with Crippen molar-refractivity contribution < 1.29 is 5.11 Å². The first kappa shape index (κ1) is 12.2. The van der Waals surface area contributed by atoms with Crippen LogP contribution in [0.25, 0.3) is 0 Å². The van der Waals surface area contributed by atoms with Gasteiger partial charge < -0.3 is 10.0 Å². The highest BCUT2D eigenvalue weighted by molar-refractivity contribution is 8.00. The molecular formula is C11H18N2OS2. The zero-order valence-electron chi connectivity index (χ0n) is 9.99. The van der Waals surface area contributed by atoms with E-state index in [2.05, 4.69) is 23.7 Å². The molecule has 0 aliphatic carbocycles. The van der Waals surface area contributed by atoms with Gasteiger partial charge in [0.1, 0.15) is 0 Å². The summed E-state index contributed by atoms with van der Waals surface area (Å²) in [6.07, 6.45) is 0. The molecule has 0 amide bonds. The Morgan fingerprint density at radius 2 is 2.25 bits per heavy atom. The molecule has 1 aliphatic rings. The van der Waals surface area contributed by atoms with E-state index in [1.165, 1.54) is 0 Å². The Hall–Kier alpha value is -0.260. The largest absolute Gasteiger partial charge is 0.391 e. The summed E-state index contributed by atoms with van der Waals surface area (Å²) >= 11 is 3.64. The SMILES string of the molecule is Cc1nc(N2CCSC(C)(C)C2)sc1CO. The monoisotopic (exact) mass is 258 g/mol. The number of rotatable bonds is 2. The van der Waals surface area contributed by atoms with Gasteiger partial charge in [0.15, 0.2) is 5.13 Å². The van der Waals surface area contributed by atoms with Gasteiger partial charge in [0.25, 0.3) is 0 Å². The first-order chi connectivity index (χ1) is 7.52. The third kappa shape index (κ3) is 2.52. The Bertz CT molecular complexity index is 376. The van der Waals surface area contributed by atoms with Crippen LogP contribution in [0.1, 0.15) is 24.4 Å². The molecule has 1 N–H and O–H groups in total. The lowest BCUT2D eigenvalue weighted by Gasteiger charge is -2.37. The fraction of sp³-hybridized carbons (Fsp3) is 0.727. The van der Waals surface area contributed by atoms with Crippen molar-refractivity contribution in [3.05, 3.63) is 10.6 Å². The highest BCUT2D eigenvalue weighted by Gasteiger charge is 2.28. The van der Waals surface area contributed by atoms with Crippen LogP contribution in [0.3, 0.4) is 0 Å². The lowest BCUT2D eigenvalue weighted by molar-refractivity contribution is 0.284. The van der Waals surface area contributed by atoms with E-state index in [4.69, 9.17) is 0 Å². The van der Waals surface area contributed by atoms with Crippen molar-refractivity contribution >= 4 is 28.2 Å². The second-order valence-corrected chi connectivity index (χ2v) is 7.56. The number of nitrogens with zero attached hydrogens (tertiary/aromatic N) is 2. The second-order valence-electron chi connectivity index (χ2n) is 4.69. The average molecular weight is 258 g/mol. The standard InChI is InChI=1S/C11H18N2OS2/c1-8-9(6-14)16-10(12-8)13-4-5-15-11(2,3)7-13/h14H,4-7H2,1-3H3. The zero-order chi connectivity index (χ0) is 11.8. The Kier molecular flexibility index (Phi) is 3.47. The summed E-state index contributed by atoms with van der Waals surface area (Å²) in [4.78, 5) is 7.88. The van der Waals surface area contributed by atoms with Gasteiger partial charge in [-0.1, -0.05) is 11.3 Å². The van der Waals surface area contributed by atoms with Gasteiger partial charge in [0.05, 0.1) is 17.2 Å². The number of thiazole rings is 1. The van der Waals surface area contributed by atoms with Crippen LogP contribution < -0.4 is 4.90 Å². The quantitative estimate of drug-likeness (QED) is 0.883. The molecule has 0 radical (unpaired) electrons. The Morgan fingerprint density at radius 1 is 1.50 bits per heavy atom. The van der Waals surface area contributed by atoms with Crippen LogP contribution in [-0.4, -0.2) is 33.7 Å². The molecule has 0 aromatic carbocycles. The van der Waals surface area contributed by atoms with E-state index in [-0.39, 0.29) is 6.61 Å². The topological polar surface area (TPSA) is 36.4 Å². The molecule has 2 rings (SSSR count). The lowest BCUT2D eigenvalue weighted by Crippen LogP contribution is -2.43. The second kappa shape index (κ2) is 4.55. The van der Waals surface area contributed by atoms with Gasteiger partial charge in [-0.3, -0.25) is 0 Å². The molecule has 16 heavy (non-hydrogen) atoms. The number of aliphatic hydroxyl groups is 1. The minimum atomic E-state index is 0.107. The molecule has 0 atom stereocenters. The number of hydrogen-bond donors (Lipinski definition) is 1. The Morgan fingerprint density at radius 3 is 2.81 bits per heavy atom. The third-order valence-corrected chi connectivity index (χ3v) is 5.22. The van der Waals surface area contributed by atoms with Crippen LogP contribution in [-0.2, 0) is 6.61 Å². The van der Waals surface area contributed by atoms with Gasteiger partial charge in [-0.15, -0.1) is 0 Å². The van der Waals surface area contributed by atoms with Crippen LogP contribution in [0, 0.1) is 6.92 Å². The van der Waals surface area contributed by atoms with E-state index in [0.717, 1.165) is 34.5 Å². The maximum atomic E-state index is 9.18. The number of anilines is 1. The van der Waals surface area contributed by atoms with E-state index in [1.807, 2.05) is 18.7 Å². The van der Waals surface area contributed by atoms with Crippen LogP contribution in [0.15, 0.2) is 0 Å². The van der Waals surface area contributed by atoms with Crippen LogP contribution in [0.5, 0.6) is 0 Å². The third-order valence-electron chi connectivity index (χ3n) is 2.72. The summed E-state index contributed by atoms with van der Waals surface area (Å²) < 4.78 is 0.303. The van der Waals surface area contributed by atoms with Crippen LogP contribution in [0.4, 0.5) is 5.13 Å². The molecule has 1 saturated heterocycles. The maximum absolute atomic E-state index is 9.18. The molecule has 90 valence electrons. The average Bonchev–Trinajstić information content (AvgIpc) is 2.58. The summed E-state index contributed by atoms with van der Waals surface area (Å²) in [5.74, 6) is 1.15. The smallest absolute Gasteiger partial charge is 0.185 e. The van der Waals surface area contributed by atoms with Crippen molar-refractivity contribution in [1.82, 2.24) is 4.98 Å². The van der Waals surface area contributed by atoms with Gasteiger partial charge in [0, 0.05) is 23.6 Å². The predicted octanol–water partition coefficient (Wildman–Crippen LogP) is 2.28. The summed E-state index contributed by atoms with van der Waals surface area (Å²) in [6, 6.07) is 0. The number of aliphatic hydroxyl groups excluding tert-OH is 1. The van der Waals surface area contributed by atoms with Gasteiger partial charge in [-0.25, -0.2) is 4.98 Å². The minimum Gasteiger partial charge on any atom is -0.391 e. The first-order valence-corrected chi connectivity index (χ1v) is 7.28. The number of thioether (sulfide) groups is 1. The van der Waals surface area contributed by atoms with Crippen molar-refractivity contribution in [2.45, 2.75) is 32.1 Å². The van der Waals surface area contributed by atoms with Crippen molar-refractivity contribution in [2.24, 2.45) is 0 Å². The van der Waals surface area contributed by atoms with Crippen molar-refractivity contribution in [2.75, 3.05) is 23.7 Å². The summed E-state index contributed by atoms with van der Waals surface area (Å²) in [5, 5.41) is 10.2. The highest BCUT2D eigenvalue weighted by Crippen LogP contribution is 2.34. The molecule has 2 heterocycles.